The number of nitrogens with zero attached hydrogens (tertiary/aromatic N) is 2. The van der Waals surface area contributed by atoms with E-state index in [9.17, 15) is 4.79 Å². The predicted molar refractivity (Wildman–Crippen MR) is 73.5 cm³/mol. The van der Waals surface area contributed by atoms with E-state index in [-0.39, 0.29) is 6.04 Å². The SMILES string of the molecule is CCCN(CC1CC1)C(C)C(=O)N1CCNCC1. The van der Waals surface area contributed by atoms with Crippen LogP contribution in [0, 0.1) is 5.92 Å². The molecule has 1 saturated heterocycles. The van der Waals surface area contributed by atoms with Crippen LogP contribution in [0.5, 0.6) is 0 Å². The van der Waals surface area contributed by atoms with Gasteiger partial charge in [-0.2, -0.15) is 0 Å². The van der Waals surface area contributed by atoms with Crippen molar-refractivity contribution in [3.05, 3.63) is 0 Å². The first-order chi connectivity index (χ1) is 8.72. The van der Waals surface area contributed by atoms with Gasteiger partial charge in [0.25, 0.3) is 0 Å². The molecule has 1 N–H and O–H groups in total. The number of amides is 1. The smallest absolute Gasteiger partial charge is 0.239 e. The number of carbonyl (C=O) groups excluding carboxylic acids is 1. The van der Waals surface area contributed by atoms with Gasteiger partial charge in [-0.1, -0.05) is 6.92 Å². The van der Waals surface area contributed by atoms with Gasteiger partial charge in [0, 0.05) is 32.7 Å². The molecular weight excluding hydrogens is 226 g/mol. The van der Waals surface area contributed by atoms with E-state index in [0.717, 1.165) is 51.6 Å². The van der Waals surface area contributed by atoms with Gasteiger partial charge >= 0.3 is 0 Å². The van der Waals surface area contributed by atoms with Crippen molar-refractivity contribution in [1.29, 1.82) is 0 Å². The molecule has 4 nitrogen and oxygen atoms in total. The number of hydrogen-bond donors (Lipinski definition) is 1. The van der Waals surface area contributed by atoms with Gasteiger partial charge in [0.2, 0.25) is 5.91 Å². The van der Waals surface area contributed by atoms with Crippen molar-refractivity contribution in [1.82, 2.24) is 15.1 Å². The first-order valence-corrected chi connectivity index (χ1v) is 7.46. The van der Waals surface area contributed by atoms with Crippen LogP contribution >= 0.6 is 0 Å². The van der Waals surface area contributed by atoms with Crippen molar-refractivity contribution < 1.29 is 4.79 Å². The van der Waals surface area contributed by atoms with Crippen LogP contribution < -0.4 is 5.32 Å². The van der Waals surface area contributed by atoms with E-state index in [1.165, 1.54) is 12.8 Å². The third kappa shape index (κ3) is 3.69. The average molecular weight is 253 g/mol. The van der Waals surface area contributed by atoms with E-state index in [1.807, 2.05) is 4.90 Å². The lowest BCUT2D eigenvalue weighted by Gasteiger charge is -2.34. The Balaban J connectivity index is 1.88. The van der Waals surface area contributed by atoms with Crippen LogP contribution in [0.15, 0.2) is 0 Å². The van der Waals surface area contributed by atoms with Crippen molar-refractivity contribution in [3.8, 4) is 0 Å². The molecule has 1 aliphatic carbocycles. The Morgan fingerprint density at radius 3 is 2.61 bits per heavy atom. The summed E-state index contributed by atoms with van der Waals surface area (Å²) < 4.78 is 0. The number of carbonyl (C=O) groups is 1. The van der Waals surface area contributed by atoms with Crippen LogP contribution in [0.3, 0.4) is 0 Å². The van der Waals surface area contributed by atoms with Gasteiger partial charge in [-0.05, 0) is 38.6 Å². The van der Waals surface area contributed by atoms with E-state index < -0.39 is 0 Å². The lowest BCUT2D eigenvalue weighted by molar-refractivity contribution is -0.137. The minimum Gasteiger partial charge on any atom is -0.339 e. The van der Waals surface area contributed by atoms with Crippen molar-refractivity contribution in [2.75, 3.05) is 39.3 Å². The molecule has 104 valence electrons. The zero-order valence-corrected chi connectivity index (χ0v) is 11.8. The van der Waals surface area contributed by atoms with Crippen LogP contribution in [0.25, 0.3) is 0 Å². The number of hydrogen-bond acceptors (Lipinski definition) is 3. The standard InChI is InChI=1S/C14H27N3O/c1-3-8-17(11-13-4-5-13)12(2)14(18)16-9-6-15-7-10-16/h12-13,15H,3-11H2,1-2H3. The number of nitrogens with one attached hydrogen (secondary N) is 1. The molecule has 2 fully saturated rings. The second-order valence-electron chi connectivity index (χ2n) is 5.69. The van der Waals surface area contributed by atoms with Gasteiger partial charge < -0.3 is 10.2 Å². The van der Waals surface area contributed by atoms with Crippen LogP contribution in [-0.2, 0) is 4.79 Å². The monoisotopic (exact) mass is 253 g/mol. The third-order valence-corrected chi connectivity index (χ3v) is 4.03. The predicted octanol–water partition coefficient (Wildman–Crippen LogP) is 0.929. The first kappa shape index (κ1) is 13.8. The summed E-state index contributed by atoms with van der Waals surface area (Å²) in [6.07, 6.45) is 3.84. The van der Waals surface area contributed by atoms with Gasteiger partial charge in [-0.3, -0.25) is 9.69 Å². The Hall–Kier alpha value is -0.610. The summed E-state index contributed by atoms with van der Waals surface area (Å²) in [6.45, 7) is 10.1. The fourth-order valence-corrected chi connectivity index (χ4v) is 2.67. The Morgan fingerprint density at radius 2 is 2.06 bits per heavy atom. The van der Waals surface area contributed by atoms with Crippen LogP contribution in [0.2, 0.25) is 0 Å². The lowest BCUT2D eigenvalue weighted by atomic mass is 10.2. The van der Waals surface area contributed by atoms with E-state index in [0.29, 0.717) is 5.91 Å². The lowest BCUT2D eigenvalue weighted by Crippen LogP contribution is -2.53. The van der Waals surface area contributed by atoms with Crippen LogP contribution in [0.1, 0.15) is 33.1 Å². The fourth-order valence-electron chi connectivity index (χ4n) is 2.67. The summed E-state index contributed by atoms with van der Waals surface area (Å²) in [7, 11) is 0. The maximum atomic E-state index is 12.5. The first-order valence-electron chi connectivity index (χ1n) is 7.46. The molecule has 0 bridgehead atoms. The molecule has 1 heterocycles. The van der Waals surface area contributed by atoms with Crippen LogP contribution in [-0.4, -0.2) is 61.0 Å². The molecule has 0 radical (unpaired) electrons. The molecule has 1 amide bonds. The van der Waals surface area contributed by atoms with Gasteiger partial charge in [0.1, 0.15) is 0 Å². The molecule has 1 saturated carbocycles. The number of rotatable bonds is 6. The molecule has 1 atom stereocenters. The highest BCUT2D eigenvalue weighted by molar-refractivity contribution is 5.81. The van der Waals surface area contributed by atoms with E-state index in [1.54, 1.807) is 0 Å². The second-order valence-corrected chi connectivity index (χ2v) is 5.69. The summed E-state index contributed by atoms with van der Waals surface area (Å²) in [5.41, 5.74) is 0. The largest absolute Gasteiger partial charge is 0.339 e. The minimum atomic E-state index is 0.0589. The van der Waals surface area contributed by atoms with Gasteiger partial charge in [-0.25, -0.2) is 0 Å². The highest BCUT2D eigenvalue weighted by atomic mass is 16.2. The molecule has 0 aromatic heterocycles. The van der Waals surface area contributed by atoms with Crippen molar-refractivity contribution in [2.24, 2.45) is 5.92 Å². The van der Waals surface area contributed by atoms with Gasteiger partial charge in [0.15, 0.2) is 0 Å². The van der Waals surface area contributed by atoms with E-state index >= 15 is 0 Å². The summed E-state index contributed by atoms with van der Waals surface area (Å²) in [5.74, 6) is 1.18. The quantitative estimate of drug-likeness (QED) is 0.765. The fraction of sp³-hybridized carbons (Fsp3) is 0.929. The molecule has 4 heteroatoms. The van der Waals surface area contributed by atoms with Crippen molar-refractivity contribution in [2.45, 2.75) is 39.2 Å². The Kier molecular flexibility index (Phi) is 5.01. The molecule has 18 heavy (non-hydrogen) atoms. The Morgan fingerprint density at radius 1 is 1.39 bits per heavy atom. The van der Waals surface area contributed by atoms with E-state index in [4.69, 9.17) is 0 Å². The molecule has 1 aliphatic heterocycles. The summed E-state index contributed by atoms with van der Waals surface area (Å²) in [6, 6.07) is 0.0589. The maximum Gasteiger partial charge on any atom is 0.239 e. The highest BCUT2D eigenvalue weighted by Gasteiger charge is 2.31. The Bertz CT molecular complexity index is 272. The molecule has 2 aliphatic rings. The highest BCUT2D eigenvalue weighted by Crippen LogP contribution is 2.30. The molecular formula is C14H27N3O. The molecule has 0 aromatic rings. The molecule has 0 aromatic carbocycles. The summed E-state index contributed by atoms with van der Waals surface area (Å²) >= 11 is 0. The Labute approximate surface area is 111 Å². The van der Waals surface area contributed by atoms with Gasteiger partial charge in [0.05, 0.1) is 6.04 Å². The molecule has 1 unspecified atom stereocenters. The maximum absolute atomic E-state index is 12.5. The van der Waals surface area contributed by atoms with Crippen molar-refractivity contribution >= 4 is 5.91 Å². The summed E-state index contributed by atoms with van der Waals surface area (Å²) in [5, 5.41) is 3.30. The molecule has 2 rings (SSSR count). The molecule has 0 spiro atoms. The third-order valence-electron chi connectivity index (χ3n) is 4.03. The zero-order valence-electron chi connectivity index (χ0n) is 11.8. The van der Waals surface area contributed by atoms with Crippen molar-refractivity contribution in [3.63, 3.8) is 0 Å². The van der Waals surface area contributed by atoms with Gasteiger partial charge in [-0.15, -0.1) is 0 Å². The summed E-state index contributed by atoms with van der Waals surface area (Å²) in [4.78, 5) is 16.9. The number of piperazine rings is 1. The normalized spacial score (nSPS) is 22.3. The topological polar surface area (TPSA) is 35.6 Å². The zero-order chi connectivity index (χ0) is 13.0. The second kappa shape index (κ2) is 6.53. The van der Waals surface area contributed by atoms with Crippen LogP contribution in [0.4, 0.5) is 0 Å². The minimum absolute atomic E-state index is 0.0589. The van der Waals surface area contributed by atoms with E-state index in [2.05, 4.69) is 24.1 Å². The average Bonchev–Trinajstić information content (AvgIpc) is 3.21.